The summed E-state index contributed by atoms with van der Waals surface area (Å²) in [6.45, 7) is 4.54. The molecule has 4 aromatic rings. The van der Waals surface area contributed by atoms with Crippen LogP contribution in [0.4, 0.5) is 14.5 Å². The molecule has 0 radical (unpaired) electrons. The lowest BCUT2D eigenvalue weighted by atomic mass is 10.0. The first kappa shape index (κ1) is 21.2. The Morgan fingerprint density at radius 2 is 1.71 bits per heavy atom. The number of hydrogen-bond acceptors (Lipinski definition) is 5. The molecule has 3 aromatic heterocycles. The van der Waals surface area contributed by atoms with Crippen molar-refractivity contribution in [2.75, 3.05) is 31.1 Å². The fourth-order valence-corrected chi connectivity index (χ4v) is 5.26. The molecule has 0 amide bonds. The van der Waals surface area contributed by atoms with Gasteiger partial charge in [0.15, 0.2) is 11.6 Å². The second kappa shape index (κ2) is 8.76. The molecule has 2 fully saturated rings. The summed E-state index contributed by atoms with van der Waals surface area (Å²) in [5.74, 6) is -1.78. The van der Waals surface area contributed by atoms with Gasteiger partial charge in [-0.15, -0.1) is 0 Å². The van der Waals surface area contributed by atoms with E-state index in [0.717, 1.165) is 47.5 Å². The van der Waals surface area contributed by atoms with Gasteiger partial charge in [0.1, 0.15) is 5.69 Å². The average molecular weight is 461 g/mol. The molecule has 0 unspecified atom stereocenters. The first-order valence-corrected chi connectivity index (χ1v) is 11.9. The maximum Gasteiger partial charge on any atom is 0.159 e. The minimum absolute atomic E-state index is 0.491. The molecule has 8 heteroatoms. The predicted octanol–water partition coefficient (Wildman–Crippen LogP) is 5.03. The molecule has 1 aromatic carbocycles. The summed E-state index contributed by atoms with van der Waals surface area (Å²) in [5.41, 5.74) is 5.15. The van der Waals surface area contributed by atoms with Crippen LogP contribution in [-0.2, 0) is 0 Å². The van der Waals surface area contributed by atoms with E-state index >= 15 is 0 Å². The van der Waals surface area contributed by atoms with Crippen molar-refractivity contribution >= 4 is 16.7 Å². The Balaban J connectivity index is 1.27. The average Bonchev–Trinajstić information content (AvgIpc) is 3.58. The van der Waals surface area contributed by atoms with E-state index in [0.29, 0.717) is 23.0 Å². The van der Waals surface area contributed by atoms with E-state index in [1.54, 1.807) is 6.20 Å². The fraction of sp³-hybridized carbons (Fsp3) is 0.346. The molecule has 2 saturated heterocycles. The van der Waals surface area contributed by atoms with Crippen molar-refractivity contribution in [3.63, 3.8) is 0 Å². The van der Waals surface area contributed by atoms with Gasteiger partial charge < -0.3 is 9.80 Å². The van der Waals surface area contributed by atoms with E-state index in [-0.39, 0.29) is 0 Å². The quantitative estimate of drug-likeness (QED) is 0.463. The van der Waals surface area contributed by atoms with Gasteiger partial charge in [-0.2, -0.15) is 5.10 Å². The highest BCUT2D eigenvalue weighted by Crippen LogP contribution is 2.32. The van der Waals surface area contributed by atoms with Gasteiger partial charge in [0.2, 0.25) is 0 Å². The number of rotatable bonds is 4. The van der Waals surface area contributed by atoms with E-state index in [2.05, 4.69) is 31.0 Å². The van der Waals surface area contributed by atoms with E-state index in [1.807, 2.05) is 18.3 Å². The third-order valence-corrected chi connectivity index (χ3v) is 7.12. The van der Waals surface area contributed by atoms with Gasteiger partial charge >= 0.3 is 0 Å². The summed E-state index contributed by atoms with van der Waals surface area (Å²) in [4.78, 5) is 14.6. The van der Waals surface area contributed by atoms with Crippen molar-refractivity contribution in [2.24, 2.45) is 0 Å². The summed E-state index contributed by atoms with van der Waals surface area (Å²) in [5, 5.41) is 7.10. The predicted molar refractivity (Wildman–Crippen MR) is 129 cm³/mol. The number of halogens is 2. The number of piperidine rings is 1. The Morgan fingerprint density at radius 3 is 2.50 bits per heavy atom. The number of benzene rings is 1. The van der Waals surface area contributed by atoms with Crippen molar-refractivity contribution in [1.82, 2.24) is 25.1 Å². The summed E-state index contributed by atoms with van der Waals surface area (Å²) in [6.07, 6.45) is 8.68. The van der Waals surface area contributed by atoms with Crippen LogP contribution in [0.25, 0.3) is 33.5 Å². The summed E-state index contributed by atoms with van der Waals surface area (Å²) in [7, 11) is 0. The van der Waals surface area contributed by atoms with E-state index in [4.69, 9.17) is 4.98 Å². The van der Waals surface area contributed by atoms with Crippen LogP contribution in [0.1, 0.15) is 25.7 Å². The molecule has 0 spiro atoms. The van der Waals surface area contributed by atoms with Gasteiger partial charge in [-0.05, 0) is 75.2 Å². The van der Waals surface area contributed by atoms with Crippen molar-refractivity contribution in [3.8, 4) is 22.5 Å². The Kier molecular flexibility index (Phi) is 5.45. The summed E-state index contributed by atoms with van der Waals surface area (Å²) >= 11 is 0. The van der Waals surface area contributed by atoms with Crippen LogP contribution < -0.4 is 4.90 Å². The number of aromatic nitrogens is 4. The number of fused-ring (bicyclic) bond motifs is 1. The zero-order valence-electron chi connectivity index (χ0n) is 18.8. The molecular formula is C26H26F2N6. The van der Waals surface area contributed by atoms with Gasteiger partial charge in [0.05, 0.1) is 28.6 Å². The van der Waals surface area contributed by atoms with Crippen molar-refractivity contribution in [3.05, 3.63) is 60.4 Å². The van der Waals surface area contributed by atoms with Crippen molar-refractivity contribution in [2.45, 2.75) is 31.7 Å². The number of anilines is 1. The molecule has 6 rings (SSSR count). The standard InChI is InChI=1S/C26H26F2N6/c27-21-4-3-17(13-22(21)28)26-20(16-30-32-26)23-5-6-24-25(31-23)14-19(15-29-24)34-11-7-18(8-12-34)33-9-1-2-10-33/h3-6,13-16,18H,1-2,7-12H2,(H,30,32). The molecule has 0 saturated carbocycles. The first-order valence-electron chi connectivity index (χ1n) is 11.9. The highest BCUT2D eigenvalue weighted by atomic mass is 19.2. The number of pyridine rings is 2. The minimum atomic E-state index is -0.903. The number of nitrogens with zero attached hydrogens (tertiary/aromatic N) is 5. The molecule has 0 aliphatic carbocycles. The Morgan fingerprint density at radius 1 is 0.882 bits per heavy atom. The van der Waals surface area contributed by atoms with Crippen LogP contribution in [0.3, 0.4) is 0 Å². The number of H-pyrrole nitrogens is 1. The van der Waals surface area contributed by atoms with Crippen LogP contribution in [0.2, 0.25) is 0 Å². The van der Waals surface area contributed by atoms with Crippen molar-refractivity contribution < 1.29 is 8.78 Å². The normalized spacial score (nSPS) is 17.6. The number of likely N-dealkylation sites (tertiary alicyclic amines) is 1. The zero-order valence-corrected chi connectivity index (χ0v) is 18.8. The second-order valence-electron chi connectivity index (χ2n) is 9.17. The Labute approximate surface area is 196 Å². The molecule has 0 atom stereocenters. The molecule has 2 aliphatic heterocycles. The van der Waals surface area contributed by atoms with Crippen LogP contribution in [-0.4, -0.2) is 57.3 Å². The molecular weight excluding hydrogens is 434 g/mol. The van der Waals surface area contributed by atoms with Crippen LogP contribution in [0, 0.1) is 11.6 Å². The molecule has 1 N–H and O–H groups in total. The summed E-state index contributed by atoms with van der Waals surface area (Å²) < 4.78 is 27.2. The first-order chi connectivity index (χ1) is 16.7. The number of hydrogen-bond donors (Lipinski definition) is 1. The third-order valence-electron chi connectivity index (χ3n) is 7.12. The van der Waals surface area contributed by atoms with Crippen LogP contribution in [0.5, 0.6) is 0 Å². The van der Waals surface area contributed by atoms with Gasteiger partial charge in [-0.25, -0.2) is 13.8 Å². The monoisotopic (exact) mass is 460 g/mol. The van der Waals surface area contributed by atoms with Gasteiger partial charge in [0.25, 0.3) is 0 Å². The van der Waals surface area contributed by atoms with E-state index < -0.39 is 11.6 Å². The lowest BCUT2D eigenvalue weighted by Gasteiger charge is -2.37. The third kappa shape index (κ3) is 3.92. The molecule has 34 heavy (non-hydrogen) atoms. The minimum Gasteiger partial charge on any atom is -0.370 e. The topological polar surface area (TPSA) is 60.9 Å². The number of nitrogens with one attached hydrogen (secondary N) is 1. The molecule has 2 aliphatic rings. The summed E-state index contributed by atoms with van der Waals surface area (Å²) in [6, 6.07) is 10.4. The second-order valence-corrected chi connectivity index (χ2v) is 9.17. The van der Waals surface area contributed by atoms with E-state index in [9.17, 15) is 8.78 Å². The van der Waals surface area contributed by atoms with Gasteiger partial charge in [0, 0.05) is 36.5 Å². The molecule has 6 nitrogen and oxygen atoms in total. The zero-order chi connectivity index (χ0) is 23.1. The maximum absolute atomic E-state index is 13.8. The SMILES string of the molecule is Fc1ccc(-c2n[nH]cc2-c2ccc3ncc(N4CCC(N5CCCC5)CC4)cc3n2)cc1F. The van der Waals surface area contributed by atoms with Crippen molar-refractivity contribution in [1.29, 1.82) is 0 Å². The Hall–Kier alpha value is -3.39. The Bertz CT molecular complexity index is 1320. The lowest BCUT2D eigenvalue weighted by molar-refractivity contribution is 0.208. The van der Waals surface area contributed by atoms with Crippen LogP contribution in [0.15, 0.2) is 48.8 Å². The largest absolute Gasteiger partial charge is 0.370 e. The number of aromatic amines is 1. The fourth-order valence-electron chi connectivity index (χ4n) is 5.26. The maximum atomic E-state index is 13.8. The molecule has 174 valence electrons. The molecule has 5 heterocycles. The lowest BCUT2D eigenvalue weighted by Crippen LogP contribution is -2.43. The van der Waals surface area contributed by atoms with Gasteiger partial charge in [-0.3, -0.25) is 10.1 Å². The smallest absolute Gasteiger partial charge is 0.159 e. The highest BCUT2D eigenvalue weighted by molar-refractivity contribution is 5.84. The molecule has 0 bridgehead atoms. The van der Waals surface area contributed by atoms with E-state index in [1.165, 1.54) is 44.8 Å². The van der Waals surface area contributed by atoms with Gasteiger partial charge in [-0.1, -0.05) is 0 Å². The van der Waals surface area contributed by atoms with Crippen LogP contribution >= 0.6 is 0 Å². The highest BCUT2D eigenvalue weighted by Gasteiger charge is 2.26.